The number of carbonyl (C=O) groups excluding carboxylic acids is 2. The van der Waals surface area contributed by atoms with Gasteiger partial charge in [-0.1, -0.05) is 36.0 Å². The summed E-state index contributed by atoms with van der Waals surface area (Å²) < 4.78 is 8.67. The lowest BCUT2D eigenvalue weighted by Gasteiger charge is -2.13. The highest BCUT2D eigenvalue weighted by Gasteiger charge is 2.34. The van der Waals surface area contributed by atoms with Crippen molar-refractivity contribution in [2.45, 2.75) is 24.5 Å². The van der Waals surface area contributed by atoms with E-state index >= 15 is 0 Å². The molecule has 2 amide bonds. The summed E-state index contributed by atoms with van der Waals surface area (Å²) in [5, 5.41) is 9.91. The highest BCUT2D eigenvalue weighted by atomic mass is 32.2. The summed E-state index contributed by atoms with van der Waals surface area (Å²) in [5.41, 5.74) is 1.56. The maximum Gasteiger partial charge on any atom is 0.262 e. The minimum absolute atomic E-state index is 0.103. The van der Waals surface area contributed by atoms with Crippen molar-refractivity contribution in [2.24, 2.45) is 0 Å². The van der Waals surface area contributed by atoms with Gasteiger partial charge in [0, 0.05) is 32.6 Å². The summed E-state index contributed by atoms with van der Waals surface area (Å²) in [6.07, 6.45) is 1.29. The van der Waals surface area contributed by atoms with Gasteiger partial charge in [-0.25, -0.2) is 0 Å². The van der Waals surface area contributed by atoms with Gasteiger partial charge in [-0.3, -0.25) is 28.3 Å². The van der Waals surface area contributed by atoms with Gasteiger partial charge in [0.1, 0.15) is 0 Å². The zero-order chi connectivity index (χ0) is 23.7. The van der Waals surface area contributed by atoms with Gasteiger partial charge in [0.2, 0.25) is 5.78 Å². The zero-order valence-corrected chi connectivity index (χ0v) is 19.5. The van der Waals surface area contributed by atoms with E-state index in [1.54, 1.807) is 42.0 Å². The van der Waals surface area contributed by atoms with Gasteiger partial charge in [0.25, 0.3) is 17.4 Å². The Bertz CT molecular complexity index is 1430. The Balaban J connectivity index is 1.35. The third-order valence-electron chi connectivity index (χ3n) is 5.84. The third kappa shape index (κ3) is 3.78. The summed E-state index contributed by atoms with van der Waals surface area (Å²) in [7, 11) is 1.63. The van der Waals surface area contributed by atoms with E-state index in [-0.39, 0.29) is 17.4 Å². The highest BCUT2D eigenvalue weighted by molar-refractivity contribution is 7.99. The number of carbonyl (C=O) groups is 2. The molecule has 0 aliphatic carbocycles. The normalized spacial score (nSPS) is 13.4. The molecule has 0 saturated heterocycles. The van der Waals surface area contributed by atoms with Crippen molar-refractivity contribution in [3.63, 3.8) is 0 Å². The standard InChI is InChI=1S/C24H23N5O4S/c1-33-14-6-12-28-22(32)18-10-4-5-11-19(18)29-23(28)25-26-24(29)34-15-7-13-27-20(30)16-8-2-3-9-17(16)21(27)31/h2-5,8-11H,6-7,12-15H2,1H3. The Morgan fingerprint density at radius 2 is 1.59 bits per heavy atom. The molecule has 0 spiro atoms. The fraction of sp³-hybridized carbons (Fsp3) is 0.292. The molecule has 0 unspecified atom stereocenters. The number of amides is 2. The van der Waals surface area contributed by atoms with Crippen LogP contribution >= 0.6 is 11.8 Å². The number of ether oxygens (including phenoxy) is 1. The summed E-state index contributed by atoms with van der Waals surface area (Å²) in [6.45, 7) is 1.35. The number of benzene rings is 2. The van der Waals surface area contributed by atoms with Crippen LogP contribution in [0.1, 0.15) is 33.6 Å². The minimum Gasteiger partial charge on any atom is -0.385 e. The third-order valence-corrected chi connectivity index (χ3v) is 6.86. The van der Waals surface area contributed by atoms with Crippen molar-refractivity contribution < 1.29 is 14.3 Å². The molecule has 1 aliphatic rings. The predicted octanol–water partition coefficient (Wildman–Crippen LogP) is 2.86. The highest BCUT2D eigenvalue weighted by Crippen LogP contribution is 2.25. The molecule has 3 heterocycles. The molecular formula is C24H23N5O4S. The second-order valence-corrected chi connectivity index (χ2v) is 9.01. The Kier molecular flexibility index (Phi) is 6.16. The summed E-state index contributed by atoms with van der Waals surface area (Å²) in [6, 6.07) is 14.3. The van der Waals surface area contributed by atoms with E-state index in [2.05, 4.69) is 10.2 Å². The van der Waals surface area contributed by atoms with Crippen molar-refractivity contribution in [3.8, 4) is 0 Å². The van der Waals surface area contributed by atoms with E-state index in [0.717, 1.165) is 5.52 Å². The average molecular weight is 478 g/mol. The van der Waals surface area contributed by atoms with E-state index in [1.807, 2.05) is 22.6 Å². The number of hydrogen-bond acceptors (Lipinski definition) is 7. The molecule has 9 nitrogen and oxygen atoms in total. The van der Waals surface area contributed by atoms with Crippen LogP contribution in [0, 0.1) is 0 Å². The van der Waals surface area contributed by atoms with Crippen LogP contribution in [0.15, 0.2) is 58.5 Å². The van der Waals surface area contributed by atoms with Gasteiger partial charge in [-0.05, 0) is 37.1 Å². The van der Waals surface area contributed by atoms with Crippen LogP contribution in [0.4, 0.5) is 0 Å². The molecule has 4 aromatic rings. The zero-order valence-electron chi connectivity index (χ0n) is 18.6. The first-order valence-corrected chi connectivity index (χ1v) is 12.0. The quantitative estimate of drug-likeness (QED) is 0.208. The molecule has 0 bridgehead atoms. The van der Waals surface area contributed by atoms with Crippen LogP contribution in [-0.4, -0.2) is 61.9 Å². The van der Waals surface area contributed by atoms with Gasteiger partial charge in [-0.2, -0.15) is 0 Å². The van der Waals surface area contributed by atoms with E-state index < -0.39 is 0 Å². The fourth-order valence-corrected chi connectivity index (χ4v) is 5.09. The van der Waals surface area contributed by atoms with E-state index in [1.165, 1.54) is 16.7 Å². The maximum atomic E-state index is 13.1. The summed E-state index contributed by atoms with van der Waals surface area (Å²) >= 11 is 1.48. The number of methoxy groups -OCH3 is 1. The molecule has 0 N–H and O–H groups in total. The first-order valence-electron chi connectivity index (χ1n) is 11.1. The molecule has 10 heteroatoms. The van der Waals surface area contributed by atoms with Crippen LogP contribution in [0.25, 0.3) is 16.7 Å². The van der Waals surface area contributed by atoms with Gasteiger partial charge >= 0.3 is 0 Å². The first kappa shape index (κ1) is 22.3. The number of hydrogen-bond donors (Lipinski definition) is 0. The molecule has 2 aromatic carbocycles. The number of imide groups is 1. The molecule has 5 rings (SSSR count). The summed E-state index contributed by atoms with van der Waals surface area (Å²) in [4.78, 5) is 39.5. The molecule has 0 radical (unpaired) electrons. The lowest BCUT2D eigenvalue weighted by atomic mass is 10.1. The SMILES string of the molecule is COCCCn1c(=O)c2ccccc2n2c(SCCCN3C(=O)c4ccccc4C3=O)nnc12. The number of aryl methyl sites for hydroxylation is 1. The Labute approximate surface area is 199 Å². The van der Waals surface area contributed by atoms with Crippen molar-refractivity contribution in [3.05, 3.63) is 70.0 Å². The number of rotatable bonds is 9. The monoisotopic (exact) mass is 477 g/mol. The van der Waals surface area contributed by atoms with Crippen LogP contribution in [0.2, 0.25) is 0 Å². The van der Waals surface area contributed by atoms with Gasteiger partial charge in [-0.15, -0.1) is 10.2 Å². The molecule has 0 fully saturated rings. The van der Waals surface area contributed by atoms with Crippen molar-refractivity contribution in [1.29, 1.82) is 0 Å². The number of aromatic nitrogens is 4. The average Bonchev–Trinajstić information content (AvgIpc) is 3.39. The van der Waals surface area contributed by atoms with E-state index in [9.17, 15) is 14.4 Å². The molecule has 2 aromatic heterocycles. The molecule has 0 saturated carbocycles. The van der Waals surface area contributed by atoms with Crippen LogP contribution in [0.3, 0.4) is 0 Å². The second-order valence-electron chi connectivity index (χ2n) is 7.95. The van der Waals surface area contributed by atoms with Crippen LogP contribution in [-0.2, 0) is 11.3 Å². The lowest BCUT2D eigenvalue weighted by molar-refractivity contribution is 0.0655. The molecule has 174 valence electrons. The lowest BCUT2D eigenvalue weighted by Crippen LogP contribution is -2.31. The van der Waals surface area contributed by atoms with Crippen molar-refractivity contribution >= 4 is 40.3 Å². The van der Waals surface area contributed by atoms with Gasteiger partial charge < -0.3 is 4.74 Å². The predicted molar refractivity (Wildman–Crippen MR) is 128 cm³/mol. The second kappa shape index (κ2) is 9.40. The Hall–Kier alpha value is -3.50. The first-order chi connectivity index (χ1) is 16.6. The Morgan fingerprint density at radius 3 is 2.32 bits per heavy atom. The smallest absolute Gasteiger partial charge is 0.262 e. The molecule has 1 aliphatic heterocycles. The van der Waals surface area contributed by atoms with Crippen LogP contribution < -0.4 is 5.56 Å². The molecular weight excluding hydrogens is 454 g/mol. The van der Waals surface area contributed by atoms with E-state index in [4.69, 9.17) is 4.74 Å². The van der Waals surface area contributed by atoms with E-state index in [0.29, 0.717) is 65.7 Å². The molecule has 0 atom stereocenters. The largest absolute Gasteiger partial charge is 0.385 e. The minimum atomic E-state index is -0.246. The van der Waals surface area contributed by atoms with Crippen LogP contribution in [0.5, 0.6) is 0 Å². The maximum absolute atomic E-state index is 13.1. The number of thioether (sulfide) groups is 1. The van der Waals surface area contributed by atoms with Crippen molar-refractivity contribution in [1.82, 2.24) is 24.1 Å². The van der Waals surface area contributed by atoms with Gasteiger partial charge in [0.05, 0.1) is 22.0 Å². The topological polar surface area (TPSA) is 98.8 Å². The van der Waals surface area contributed by atoms with Crippen molar-refractivity contribution in [2.75, 3.05) is 26.0 Å². The molecule has 34 heavy (non-hydrogen) atoms. The van der Waals surface area contributed by atoms with Gasteiger partial charge in [0.15, 0.2) is 5.16 Å². The summed E-state index contributed by atoms with van der Waals surface area (Å²) in [5.74, 6) is 0.627. The Morgan fingerprint density at radius 1 is 0.882 bits per heavy atom. The fourth-order valence-electron chi connectivity index (χ4n) is 4.22. The number of fused-ring (bicyclic) bond motifs is 4. The number of para-hydroxylation sites is 1. The number of nitrogens with zero attached hydrogens (tertiary/aromatic N) is 5.